The van der Waals surface area contributed by atoms with E-state index in [4.69, 9.17) is 5.11 Å². The van der Waals surface area contributed by atoms with Crippen LogP contribution in [0, 0.1) is 11.6 Å². The Kier molecular flexibility index (Phi) is 3.61. The summed E-state index contributed by atoms with van der Waals surface area (Å²) in [4.78, 5) is 11.6. The summed E-state index contributed by atoms with van der Waals surface area (Å²) in [6.45, 7) is 0. The summed E-state index contributed by atoms with van der Waals surface area (Å²) in [6, 6.07) is 7.92. The molecule has 0 radical (unpaired) electrons. The van der Waals surface area contributed by atoms with Crippen molar-refractivity contribution in [2.24, 2.45) is 0 Å². The number of hydrogen-bond donors (Lipinski definition) is 3. The van der Waals surface area contributed by atoms with E-state index < -0.39 is 17.7 Å². The number of carbonyl (C=O) groups excluding carboxylic acids is 1. The number of halogens is 2. The van der Waals surface area contributed by atoms with Gasteiger partial charge in [-0.25, -0.2) is 13.6 Å². The molecule has 0 saturated carbocycles. The molecule has 98 valence electrons. The Morgan fingerprint density at radius 3 is 2.53 bits per heavy atom. The fourth-order valence-electron chi connectivity index (χ4n) is 1.46. The minimum Gasteiger partial charge on any atom is -0.508 e. The van der Waals surface area contributed by atoms with Gasteiger partial charge in [0.25, 0.3) is 0 Å². The molecule has 0 atom stereocenters. The molecular formula is C13H10F2N2O2. The molecule has 0 saturated heterocycles. The smallest absolute Gasteiger partial charge is 0.323 e. The van der Waals surface area contributed by atoms with Gasteiger partial charge in [-0.05, 0) is 30.3 Å². The number of amides is 2. The fraction of sp³-hybridized carbons (Fsp3) is 0. The first-order chi connectivity index (χ1) is 9.04. The van der Waals surface area contributed by atoms with E-state index in [-0.39, 0.29) is 17.1 Å². The maximum atomic E-state index is 13.4. The van der Waals surface area contributed by atoms with Gasteiger partial charge in [0, 0.05) is 11.8 Å². The van der Waals surface area contributed by atoms with Gasteiger partial charge in [0.2, 0.25) is 0 Å². The zero-order valence-electron chi connectivity index (χ0n) is 9.65. The van der Waals surface area contributed by atoms with Crippen LogP contribution < -0.4 is 10.6 Å². The topological polar surface area (TPSA) is 61.4 Å². The van der Waals surface area contributed by atoms with Crippen LogP contribution in [0.4, 0.5) is 25.0 Å². The van der Waals surface area contributed by atoms with Crippen molar-refractivity contribution in [2.75, 3.05) is 10.6 Å². The SMILES string of the molecule is O=C(Nc1cccc(F)c1)Nc1ccc(O)cc1F. The number of carbonyl (C=O) groups is 1. The molecule has 0 fully saturated rings. The summed E-state index contributed by atoms with van der Waals surface area (Å²) in [5.74, 6) is -1.50. The van der Waals surface area contributed by atoms with Gasteiger partial charge in [-0.1, -0.05) is 6.07 Å². The van der Waals surface area contributed by atoms with Crippen molar-refractivity contribution in [3.8, 4) is 5.75 Å². The minimum atomic E-state index is -0.769. The van der Waals surface area contributed by atoms with Crippen molar-refractivity contribution in [3.05, 3.63) is 54.1 Å². The molecule has 0 heterocycles. The predicted octanol–water partition coefficient (Wildman–Crippen LogP) is 3.31. The zero-order chi connectivity index (χ0) is 13.8. The third-order valence-corrected chi connectivity index (χ3v) is 2.28. The summed E-state index contributed by atoms with van der Waals surface area (Å²) in [5.41, 5.74) is 0.156. The summed E-state index contributed by atoms with van der Waals surface area (Å²) >= 11 is 0. The lowest BCUT2D eigenvalue weighted by Gasteiger charge is -2.08. The number of phenolic OH excluding ortho intramolecular Hbond substituents is 1. The third kappa shape index (κ3) is 3.41. The highest BCUT2D eigenvalue weighted by atomic mass is 19.1. The number of phenols is 1. The second-order valence-corrected chi connectivity index (χ2v) is 3.75. The Labute approximate surface area is 107 Å². The Balaban J connectivity index is 2.05. The summed E-state index contributed by atoms with van der Waals surface area (Å²) in [6.07, 6.45) is 0. The number of aromatic hydroxyl groups is 1. The van der Waals surface area contributed by atoms with E-state index in [1.165, 1.54) is 30.3 Å². The average molecular weight is 264 g/mol. The summed E-state index contributed by atoms with van der Waals surface area (Å²) in [7, 11) is 0. The van der Waals surface area contributed by atoms with E-state index >= 15 is 0 Å². The van der Waals surface area contributed by atoms with Crippen LogP contribution in [0.25, 0.3) is 0 Å². The quantitative estimate of drug-likeness (QED) is 0.729. The molecule has 0 aliphatic rings. The van der Waals surface area contributed by atoms with E-state index in [1.54, 1.807) is 0 Å². The van der Waals surface area contributed by atoms with E-state index in [9.17, 15) is 13.6 Å². The monoisotopic (exact) mass is 264 g/mol. The number of hydrogen-bond acceptors (Lipinski definition) is 2. The Morgan fingerprint density at radius 1 is 1.05 bits per heavy atom. The van der Waals surface area contributed by atoms with E-state index in [0.29, 0.717) is 0 Å². The third-order valence-electron chi connectivity index (χ3n) is 2.28. The van der Waals surface area contributed by atoms with Crippen molar-refractivity contribution in [2.45, 2.75) is 0 Å². The van der Waals surface area contributed by atoms with Crippen LogP contribution in [0.3, 0.4) is 0 Å². The van der Waals surface area contributed by atoms with Crippen molar-refractivity contribution in [1.29, 1.82) is 0 Å². The van der Waals surface area contributed by atoms with Crippen LogP contribution in [0.5, 0.6) is 5.75 Å². The standard InChI is InChI=1S/C13H10F2N2O2/c14-8-2-1-3-9(6-8)16-13(19)17-12-5-4-10(18)7-11(12)15/h1-7,18H,(H2,16,17,19). The fourth-order valence-corrected chi connectivity index (χ4v) is 1.46. The number of benzene rings is 2. The largest absolute Gasteiger partial charge is 0.508 e. The van der Waals surface area contributed by atoms with Crippen molar-refractivity contribution in [1.82, 2.24) is 0 Å². The molecule has 0 aromatic heterocycles. The lowest BCUT2D eigenvalue weighted by molar-refractivity contribution is 0.262. The van der Waals surface area contributed by atoms with Crippen molar-refractivity contribution >= 4 is 17.4 Å². The van der Waals surface area contributed by atoms with Crippen LogP contribution >= 0.6 is 0 Å². The number of rotatable bonds is 2. The Morgan fingerprint density at radius 2 is 1.84 bits per heavy atom. The highest BCUT2D eigenvalue weighted by molar-refractivity contribution is 5.99. The number of nitrogens with one attached hydrogen (secondary N) is 2. The molecule has 0 unspecified atom stereocenters. The highest BCUT2D eigenvalue weighted by Gasteiger charge is 2.08. The van der Waals surface area contributed by atoms with Gasteiger partial charge in [-0.3, -0.25) is 0 Å². The van der Waals surface area contributed by atoms with Gasteiger partial charge in [0.1, 0.15) is 17.4 Å². The van der Waals surface area contributed by atoms with Crippen LogP contribution in [-0.2, 0) is 0 Å². The highest BCUT2D eigenvalue weighted by Crippen LogP contribution is 2.19. The number of urea groups is 1. The molecule has 19 heavy (non-hydrogen) atoms. The minimum absolute atomic E-state index is 0.0910. The number of anilines is 2. The molecule has 0 aliphatic carbocycles. The van der Waals surface area contributed by atoms with E-state index in [2.05, 4.69) is 10.6 Å². The first kappa shape index (κ1) is 12.8. The van der Waals surface area contributed by atoms with E-state index in [1.807, 2.05) is 0 Å². The predicted molar refractivity (Wildman–Crippen MR) is 67.1 cm³/mol. The van der Waals surface area contributed by atoms with Gasteiger partial charge in [0.05, 0.1) is 5.69 Å². The maximum Gasteiger partial charge on any atom is 0.323 e. The molecule has 0 aliphatic heterocycles. The molecule has 2 aromatic rings. The van der Waals surface area contributed by atoms with Gasteiger partial charge in [0.15, 0.2) is 0 Å². The molecule has 0 spiro atoms. The normalized spacial score (nSPS) is 10.0. The first-order valence-electron chi connectivity index (χ1n) is 5.37. The Bertz CT molecular complexity index is 617. The van der Waals surface area contributed by atoms with Crippen molar-refractivity contribution < 1.29 is 18.7 Å². The average Bonchev–Trinajstić information content (AvgIpc) is 2.33. The first-order valence-corrected chi connectivity index (χ1v) is 5.37. The van der Waals surface area contributed by atoms with Gasteiger partial charge >= 0.3 is 6.03 Å². The molecule has 6 heteroatoms. The Hall–Kier alpha value is -2.63. The van der Waals surface area contributed by atoms with Crippen LogP contribution in [0.1, 0.15) is 0 Å². The van der Waals surface area contributed by atoms with Crippen LogP contribution in [0.2, 0.25) is 0 Å². The lowest BCUT2D eigenvalue weighted by atomic mass is 10.3. The molecule has 0 bridgehead atoms. The molecular weight excluding hydrogens is 254 g/mol. The van der Waals surface area contributed by atoms with Gasteiger partial charge < -0.3 is 15.7 Å². The molecule has 4 nitrogen and oxygen atoms in total. The van der Waals surface area contributed by atoms with Crippen LogP contribution in [0.15, 0.2) is 42.5 Å². The van der Waals surface area contributed by atoms with Crippen molar-refractivity contribution in [3.63, 3.8) is 0 Å². The maximum absolute atomic E-state index is 13.4. The van der Waals surface area contributed by atoms with Gasteiger partial charge in [-0.2, -0.15) is 0 Å². The lowest BCUT2D eigenvalue weighted by Crippen LogP contribution is -2.20. The van der Waals surface area contributed by atoms with E-state index in [0.717, 1.165) is 12.1 Å². The second-order valence-electron chi connectivity index (χ2n) is 3.75. The van der Waals surface area contributed by atoms with Gasteiger partial charge in [-0.15, -0.1) is 0 Å². The molecule has 2 rings (SSSR count). The second kappa shape index (κ2) is 5.34. The molecule has 3 N–H and O–H groups in total. The summed E-state index contributed by atoms with van der Waals surface area (Å²) < 4.78 is 26.2. The molecule has 2 aromatic carbocycles. The van der Waals surface area contributed by atoms with Crippen LogP contribution in [-0.4, -0.2) is 11.1 Å². The zero-order valence-corrected chi connectivity index (χ0v) is 9.65. The summed E-state index contributed by atoms with van der Waals surface area (Å²) in [5, 5.41) is 13.6. The molecule has 2 amide bonds.